The molecule has 2 aromatic rings. The third-order valence-corrected chi connectivity index (χ3v) is 1.71. The summed E-state index contributed by atoms with van der Waals surface area (Å²) in [7, 11) is 0. The van der Waals surface area contributed by atoms with Gasteiger partial charge in [-0.05, 0) is 12.1 Å². The molecule has 82 valence electrons. The van der Waals surface area contributed by atoms with Crippen LogP contribution in [0.15, 0.2) is 18.3 Å². The summed E-state index contributed by atoms with van der Waals surface area (Å²) < 4.78 is 25.5. The van der Waals surface area contributed by atoms with Gasteiger partial charge in [-0.25, -0.2) is 0 Å². The summed E-state index contributed by atoms with van der Waals surface area (Å²) in [4.78, 5) is 14.3. The normalized spacial score (nSPS) is 10.1. The Morgan fingerprint density at radius 3 is 2.81 bits per heavy atom. The van der Waals surface area contributed by atoms with Gasteiger partial charge in [0.15, 0.2) is 5.69 Å². The minimum absolute atomic E-state index is 0.0104. The van der Waals surface area contributed by atoms with Gasteiger partial charge in [0.25, 0.3) is 5.91 Å². The van der Waals surface area contributed by atoms with Crippen LogP contribution in [0.25, 0.3) is 0 Å². The first-order valence-corrected chi connectivity index (χ1v) is 4.16. The number of nitrogens with zero attached hydrogens (tertiary/aromatic N) is 3. The molecule has 8 heteroatoms. The Balaban J connectivity index is 2.18. The fourth-order valence-corrected chi connectivity index (χ4v) is 1.00. The van der Waals surface area contributed by atoms with E-state index in [1.807, 2.05) is 0 Å². The first-order chi connectivity index (χ1) is 7.66. The number of hydrogen-bond acceptors (Lipinski definition) is 4. The van der Waals surface area contributed by atoms with E-state index in [4.69, 9.17) is 0 Å². The molecular formula is C8H5F2N5O. The number of halogens is 2. The SMILES string of the molecule is O=C(Nc1ccc(F)nc1F)c1cn[nH]n1. The summed E-state index contributed by atoms with van der Waals surface area (Å²) in [5.74, 6) is -2.73. The van der Waals surface area contributed by atoms with E-state index < -0.39 is 17.8 Å². The van der Waals surface area contributed by atoms with Crippen molar-refractivity contribution >= 4 is 11.6 Å². The molecule has 6 nitrogen and oxygen atoms in total. The zero-order valence-electron chi connectivity index (χ0n) is 7.74. The lowest BCUT2D eigenvalue weighted by atomic mass is 10.3. The molecule has 2 rings (SSSR count). The highest BCUT2D eigenvalue weighted by Crippen LogP contribution is 2.12. The second kappa shape index (κ2) is 4.01. The van der Waals surface area contributed by atoms with E-state index in [1.165, 1.54) is 6.20 Å². The maximum atomic E-state index is 13.0. The minimum Gasteiger partial charge on any atom is -0.317 e. The zero-order valence-corrected chi connectivity index (χ0v) is 7.74. The zero-order chi connectivity index (χ0) is 11.5. The molecule has 0 aliphatic heterocycles. The van der Waals surface area contributed by atoms with Crippen LogP contribution in [0.1, 0.15) is 10.5 Å². The van der Waals surface area contributed by atoms with Crippen molar-refractivity contribution < 1.29 is 13.6 Å². The molecule has 2 N–H and O–H groups in total. The first-order valence-electron chi connectivity index (χ1n) is 4.16. The highest BCUT2D eigenvalue weighted by Gasteiger charge is 2.12. The number of aromatic nitrogens is 4. The van der Waals surface area contributed by atoms with E-state index in [0.717, 1.165) is 12.1 Å². The average molecular weight is 225 g/mol. The number of H-pyrrole nitrogens is 1. The highest BCUT2D eigenvalue weighted by atomic mass is 19.1. The van der Waals surface area contributed by atoms with Gasteiger partial charge in [-0.15, -0.1) is 0 Å². The molecule has 0 fully saturated rings. The Bertz CT molecular complexity index is 513. The number of hydrogen-bond donors (Lipinski definition) is 2. The number of rotatable bonds is 2. The molecule has 2 heterocycles. The second-order valence-electron chi connectivity index (χ2n) is 2.78. The van der Waals surface area contributed by atoms with E-state index >= 15 is 0 Å². The largest absolute Gasteiger partial charge is 0.317 e. The smallest absolute Gasteiger partial charge is 0.277 e. The van der Waals surface area contributed by atoms with E-state index in [0.29, 0.717) is 0 Å². The predicted octanol–water partition coefficient (Wildman–Crippen LogP) is 0.730. The van der Waals surface area contributed by atoms with Crippen molar-refractivity contribution in [3.05, 3.63) is 35.9 Å². The summed E-state index contributed by atoms with van der Waals surface area (Å²) in [6, 6.07) is 2.00. The summed E-state index contributed by atoms with van der Waals surface area (Å²) >= 11 is 0. The molecule has 0 saturated carbocycles. The minimum atomic E-state index is -1.10. The van der Waals surface area contributed by atoms with Crippen molar-refractivity contribution in [2.24, 2.45) is 0 Å². The molecule has 0 unspecified atom stereocenters. The van der Waals surface area contributed by atoms with Crippen LogP contribution in [0.4, 0.5) is 14.5 Å². The highest BCUT2D eigenvalue weighted by molar-refractivity contribution is 6.02. The number of amides is 1. The van der Waals surface area contributed by atoms with Gasteiger partial charge in [0.1, 0.15) is 0 Å². The maximum absolute atomic E-state index is 13.0. The van der Waals surface area contributed by atoms with Gasteiger partial charge in [0.05, 0.1) is 11.9 Å². The number of carbonyl (C=O) groups is 1. The fraction of sp³-hybridized carbons (Fsp3) is 0. The molecule has 2 aromatic heterocycles. The Labute approximate surface area is 87.7 Å². The molecule has 0 saturated heterocycles. The van der Waals surface area contributed by atoms with Crippen LogP contribution in [0.2, 0.25) is 0 Å². The van der Waals surface area contributed by atoms with Crippen LogP contribution in [0.3, 0.4) is 0 Å². The topological polar surface area (TPSA) is 83.6 Å². The number of aromatic amines is 1. The molecule has 16 heavy (non-hydrogen) atoms. The Kier molecular flexibility index (Phi) is 2.54. The molecule has 0 aromatic carbocycles. The van der Waals surface area contributed by atoms with E-state index in [1.54, 1.807) is 0 Å². The van der Waals surface area contributed by atoms with E-state index in [2.05, 4.69) is 25.7 Å². The molecule has 0 aliphatic rings. The molecule has 1 amide bonds. The van der Waals surface area contributed by atoms with Gasteiger partial charge in [-0.2, -0.15) is 29.2 Å². The fourth-order valence-electron chi connectivity index (χ4n) is 1.00. The second-order valence-corrected chi connectivity index (χ2v) is 2.78. The Morgan fingerprint density at radius 1 is 1.38 bits per heavy atom. The van der Waals surface area contributed by atoms with Crippen LogP contribution >= 0.6 is 0 Å². The Hall–Kier alpha value is -2.38. The van der Waals surface area contributed by atoms with Gasteiger partial charge in [-0.1, -0.05) is 0 Å². The van der Waals surface area contributed by atoms with Crippen molar-refractivity contribution in [2.75, 3.05) is 5.32 Å². The number of nitrogens with one attached hydrogen (secondary N) is 2. The van der Waals surface area contributed by atoms with Gasteiger partial charge >= 0.3 is 0 Å². The quantitative estimate of drug-likeness (QED) is 0.738. The lowest BCUT2D eigenvalue weighted by Gasteiger charge is -2.02. The van der Waals surface area contributed by atoms with Gasteiger partial charge in [0, 0.05) is 0 Å². The molecule has 0 spiro atoms. The van der Waals surface area contributed by atoms with E-state index in [9.17, 15) is 13.6 Å². The third-order valence-electron chi connectivity index (χ3n) is 1.71. The molecule has 0 aliphatic carbocycles. The number of anilines is 1. The molecular weight excluding hydrogens is 220 g/mol. The van der Waals surface area contributed by atoms with Crippen molar-refractivity contribution in [1.82, 2.24) is 20.4 Å². The average Bonchev–Trinajstić information content (AvgIpc) is 2.75. The lowest BCUT2D eigenvalue weighted by Crippen LogP contribution is -2.14. The van der Waals surface area contributed by atoms with Crippen LogP contribution in [-0.4, -0.2) is 26.3 Å². The monoisotopic (exact) mass is 225 g/mol. The van der Waals surface area contributed by atoms with Gasteiger partial charge < -0.3 is 5.32 Å². The Morgan fingerprint density at radius 2 is 2.19 bits per heavy atom. The standard InChI is InChI=1S/C8H5F2N5O/c9-6-2-1-4(7(10)13-6)12-8(16)5-3-11-15-14-5/h1-3H,(H,12,16)(H,11,14,15). The van der Waals surface area contributed by atoms with Crippen LogP contribution in [-0.2, 0) is 0 Å². The van der Waals surface area contributed by atoms with Gasteiger partial charge in [-0.3, -0.25) is 4.79 Å². The summed E-state index contributed by atoms with van der Waals surface area (Å²) in [6.07, 6.45) is 1.17. The maximum Gasteiger partial charge on any atom is 0.277 e. The first kappa shape index (κ1) is 10.1. The molecule has 0 radical (unpaired) electrons. The van der Waals surface area contributed by atoms with Crippen molar-refractivity contribution in [2.45, 2.75) is 0 Å². The summed E-state index contributed by atoms with van der Waals surface area (Å²) in [5.41, 5.74) is -0.238. The predicted molar refractivity (Wildman–Crippen MR) is 48.5 cm³/mol. The van der Waals surface area contributed by atoms with Crippen LogP contribution < -0.4 is 5.32 Å². The summed E-state index contributed by atoms with van der Waals surface area (Å²) in [6.45, 7) is 0. The van der Waals surface area contributed by atoms with Crippen molar-refractivity contribution in [3.8, 4) is 0 Å². The number of carbonyl (C=O) groups excluding carboxylic acids is 1. The van der Waals surface area contributed by atoms with Crippen LogP contribution in [0.5, 0.6) is 0 Å². The number of pyridine rings is 1. The molecule has 0 bridgehead atoms. The lowest BCUT2D eigenvalue weighted by molar-refractivity contribution is 0.102. The van der Waals surface area contributed by atoms with E-state index in [-0.39, 0.29) is 11.4 Å². The van der Waals surface area contributed by atoms with Crippen molar-refractivity contribution in [3.63, 3.8) is 0 Å². The third kappa shape index (κ3) is 2.00. The molecule has 0 atom stereocenters. The summed E-state index contributed by atoms with van der Waals surface area (Å²) in [5, 5.41) is 11.3. The van der Waals surface area contributed by atoms with Gasteiger partial charge in [0.2, 0.25) is 11.9 Å². The van der Waals surface area contributed by atoms with Crippen LogP contribution in [0, 0.1) is 11.9 Å². The van der Waals surface area contributed by atoms with Crippen molar-refractivity contribution in [1.29, 1.82) is 0 Å².